The van der Waals surface area contributed by atoms with E-state index in [1.54, 1.807) is 6.07 Å². The highest BCUT2D eigenvalue weighted by Crippen LogP contribution is 2.38. The molecule has 1 aliphatic rings. The summed E-state index contributed by atoms with van der Waals surface area (Å²) in [5.74, 6) is 0.181. The second kappa shape index (κ2) is 7.13. The number of fused-ring (bicyclic) bond motifs is 2. The molecule has 3 heterocycles. The summed E-state index contributed by atoms with van der Waals surface area (Å²) in [7, 11) is 1.95. The highest BCUT2D eigenvalue weighted by Gasteiger charge is 2.37. The molecule has 8 heteroatoms. The molecule has 7 nitrogen and oxygen atoms in total. The van der Waals surface area contributed by atoms with Crippen LogP contribution in [0.2, 0.25) is 0 Å². The minimum atomic E-state index is -0.656. The first-order chi connectivity index (χ1) is 15.1. The summed E-state index contributed by atoms with van der Waals surface area (Å²) >= 11 is 3.68. The SMILES string of the molecule is Cc1nn(C)c(C)c1-c1cc(Br)c2nc(Nc3ccc4c(c3)C(C)(C)OC4=O)ncc2c1. The lowest BCUT2D eigenvalue weighted by atomic mass is 9.95. The number of aryl methyl sites for hydroxylation is 2. The van der Waals surface area contributed by atoms with Crippen LogP contribution in [0.5, 0.6) is 0 Å². The van der Waals surface area contributed by atoms with Crippen LogP contribution in [0, 0.1) is 13.8 Å². The molecular weight excluding hydrogens is 470 g/mol. The predicted octanol–water partition coefficient (Wildman–Crippen LogP) is 5.56. The number of carbonyl (C=O) groups excluding carboxylic acids is 1. The molecule has 0 saturated carbocycles. The minimum absolute atomic E-state index is 0.294. The maximum atomic E-state index is 12.0. The van der Waals surface area contributed by atoms with Gasteiger partial charge in [-0.15, -0.1) is 0 Å². The van der Waals surface area contributed by atoms with Gasteiger partial charge in [-0.1, -0.05) is 0 Å². The van der Waals surface area contributed by atoms with Gasteiger partial charge in [-0.05, 0) is 79.5 Å². The number of anilines is 2. The number of nitrogens with one attached hydrogen (secondary N) is 1. The Balaban J connectivity index is 1.51. The third kappa shape index (κ3) is 3.26. The van der Waals surface area contributed by atoms with E-state index < -0.39 is 5.60 Å². The zero-order valence-electron chi connectivity index (χ0n) is 18.4. The van der Waals surface area contributed by atoms with E-state index in [-0.39, 0.29) is 5.97 Å². The molecule has 4 aromatic rings. The van der Waals surface area contributed by atoms with Crippen molar-refractivity contribution in [1.29, 1.82) is 0 Å². The molecule has 2 aromatic heterocycles. The Morgan fingerprint density at radius 1 is 1.16 bits per heavy atom. The van der Waals surface area contributed by atoms with Crippen LogP contribution in [-0.2, 0) is 17.4 Å². The van der Waals surface area contributed by atoms with Gasteiger partial charge in [0.25, 0.3) is 0 Å². The summed E-state index contributed by atoms with van der Waals surface area (Å²) < 4.78 is 8.23. The molecule has 0 aliphatic carbocycles. The highest BCUT2D eigenvalue weighted by atomic mass is 79.9. The van der Waals surface area contributed by atoms with E-state index in [1.807, 2.05) is 50.8 Å². The zero-order valence-corrected chi connectivity index (χ0v) is 20.0. The number of rotatable bonds is 3. The Morgan fingerprint density at radius 3 is 2.66 bits per heavy atom. The maximum Gasteiger partial charge on any atom is 0.339 e. The molecule has 0 bridgehead atoms. The van der Waals surface area contributed by atoms with Crippen LogP contribution >= 0.6 is 15.9 Å². The van der Waals surface area contributed by atoms with Crippen molar-refractivity contribution in [3.8, 4) is 11.1 Å². The molecule has 0 unspecified atom stereocenters. The number of nitrogens with zero attached hydrogens (tertiary/aromatic N) is 4. The molecule has 0 radical (unpaired) electrons. The number of ether oxygens (including phenoxy) is 1. The number of hydrogen-bond acceptors (Lipinski definition) is 6. The molecular formula is C24H22BrN5O2. The predicted molar refractivity (Wildman–Crippen MR) is 127 cm³/mol. The van der Waals surface area contributed by atoms with Gasteiger partial charge < -0.3 is 10.1 Å². The largest absolute Gasteiger partial charge is 0.451 e. The van der Waals surface area contributed by atoms with Gasteiger partial charge in [-0.3, -0.25) is 4.68 Å². The Labute approximate surface area is 194 Å². The Morgan fingerprint density at radius 2 is 1.94 bits per heavy atom. The van der Waals surface area contributed by atoms with Crippen LogP contribution in [0.4, 0.5) is 11.6 Å². The van der Waals surface area contributed by atoms with Crippen LogP contribution in [0.15, 0.2) is 41.0 Å². The molecule has 162 valence electrons. The fourth-order valence-corrected chi connectivity index (χ4v) is 4.83. The lowest BCUT2D eigenvalue weighted by Gasteiger charge is -2.18. The van der Waals surface area contributed by atoms with E-state index in [0.717, 1.165) is 49.1 Å². The second-order valence-electron chi connectivity index (χ2n) is 8.54. The standard InChI is InChI=1S/C24H22BrN5O2/c1-12-20(13(2)30(5)29-12)14-8-15-11-26-23(28-21(15)19(25)9-14)27-16-6-7-17-18(10-16)24(3,4)32-22(17)31/h6-11H,1-5H3,(H,26,27,28). The fourth-order valence-electron chi connectivity index (χ4n) is 4.27. The zero-order chi connectivity index (χ0) is 22.8. The molecule has 0 atom stereocenters. The Hall–Kier alpha value is -3.26. The van der Waals surface area contributed by atoms with Crippen LogP contribution in [0.1, 0.15) is 41.2 Å². The molecule has 0 spiro atoms. The Kier molecular flexibility index (Phi) is 4.60. The number of halogens is 1. The van der Waals surface area contributed by atoms with Crippen LogP contribution in [0.25, 0.3) is 22.0 Å². The van der Waals surface area contributed by atoms with Crippen molar-refractivity contribution in [3.63, 3.8) is 0 Å². The number of cyclic esters (lactones) is 1. The number of esters is 1. The van der Waals surface area contributed by atoms with Crippen molar-refractivity contribution in [2.24, 2.45) is 7.05 Å². The van der Waals surface area contributed by atoms with Crippen molar-refractivity contribution < 1.29 is 9.53 Å². The van der Waals surface area contributed by atoms with Gasteiger partial charge in [-0.25, -0.2) is 14.8 Å². The minimum Gasteiger partial charge on any atom is -0.451 e. The third-order valence-corrected chi connectivity index (χ3v) is 6.53. The first-order valence-electron chi connectivity index (χ1n) is 10.3. The van der Waals surface area contributed by atoms with Crippen molar-refractivity contribution in [3.05, 3.63) is 63.5 Å². The summed E-state index contributed by atoms with van der Waals surface area (Å²) in [5.41, 5.74) is 6.67. The highest BCUT2D eigenvalue weighted by molar-refractivity contribution is 9.10. The van der Waals surface area contributed by atoms with E-state index >= 15 is 0 Å². The van der Waals surface area contributed by atoms with Crippen LogP contribution in [0.3, 0.4) is 0 Å². The molecule has 0 saturated heterocycles. The lowest BCUT2D eigenvalue weighted by molar-refractivity contribution is 0.00955. The lowest BCUT2D eigenvalue weighted by Crippen LogP contribution is -2.16. The van der Waals surface area contributed by atoms with E-state index in [4.69, 9.17) is 9.72 Å². The first kappa shape index (κ1) is 20.6. The van der Waals surface area contributed by atoms with E-state index in [2.05, 4.69) is 50.4 Å². The molecule has 1 aliphatic heterocycles. The van der Waals surface area contributed by atoms with Crippen molar-refractivity contribution in [1.82, 2.24) is 19.7 Å². The average Bonchev–Trinajstić information content (AvgIpc) is 3.12. The number of hydrogen-bond donors (Lipinski definition) is 1. The van der Waals surface area contributed by atoms with E-state index in [0.29, 0.717) is 11.5 Å². The van der Waals surface area contributed by atoms with Gasteiger partial charge in [0.2, 0.25) is 5.95 Å². The quantitative estimate of drug-likeness (QED) is 0.377. The summed E-state index contributed by atoms with van der Waals surface area (Å²) in [6.45, 7) is 7.84. The Bertz CT molecular complexity index is 1420. The third-order valence-electron chi connectivity index (χ3n) is 5.93. The summed E-state index contributed by atoms with van der Waals surface area (Å²) in [6, 6.07) is 9.68. The number of aromatic nitrogens is 4. The van der Waals surface area contributed by atoms with Gasteiger partial charge in [0.1, 0.15) is 5.60 Å². The van der Waals surface area contributed by atoms with Crippen molar-refractivity contribution in [2.45, 2.75) is 33.3 Å². The average molecular weight is 492 g/mol. The molecule has 0 amide bonds. The molecule has 2 aromatic carbocycles. The molecule has 32 heavy (non-hydrogen) atoms. The molecule has 0 fully saturated rings. The van der Waals surface area contributed by atoms with E-state index in [1.165, 1.54) is 0 Å². The summed E-state index contributed by atoms with van der Waals surface area (Å²) in [4.78, 5) is 21.3. The van der Waals surface area contributed by atoms with E-state index in [9.17, 15) is 4.79 Å². The normalized spacial score (nSPS) is 14.5. The summed E-state index contributed by atoms with van der Waals surface area (Å²) in [6.07, 6.45) is 1.81. The van der Waals surface area contributed by atoms with Crippen LogP contribution < -0.4 is 5.32 Å². The smallest absolute Gasteiger partial charge is 0.339 e. The van der Waals surface area contributed by atoms with Gasteiger partial charge in [0.15, 0.2) is 0 Å². The van der Waals surface area contributed by atoms with Crippen LogP contribution in [-0.4, -0.2) is 25.7 Å². The van der Waals surface area contributed by atoms with Gasteiger partial charge in [-0.2, -0.15) is 5.10 Å². The summed E-state index contributed by atoms with van der Waals surface area (Å²) in [5, 5.41) is 8.71. The van der Waals surface area contributed by atoms with Gasteiger partial charge in [0.05, 0.1) is 16.8 Å². The van der Waals surface area contributed by atoms with Gasteiger partial charge in [0, 0.05) is 45.6 Å². The fraction of sp³-hybridized carbons (Fsp3) is 0.250. The second-order valence-corrected chi connectivity index (χ2v) is 9.40. The topological polar surface area (TPSA) is 81.9 Å². The molecule has 5 rings (SSSR count). The monoisotopic (exact) mass is 491 g/mol. The first-order valence-corrected chi connectivity index (χ1v) is 11.0. The molecule has 1 N–H and O–H groups in total. The maximum absolute atomic E-state index is 12.0. The van der Waals surface area contributed by atoms with Crippen molar-refractivity contribution >= 4 is 44.4 Å². The van der Waals surface area contributed by atoms with Gasteiger partial charge >= 0.3 is 5.97 Å². The number of carbonyl (C=O) groups is 1. The number of benzene rings is 2. The van der Waals surface area contributed by atoms with Crippen molar-refractivity contribution in [2.75, 3.05) is 5.32 Å².